The number of halogens is 2. The van der Waals surface area contributed by atoms with Crippen LogP contribution in [0.15, 0.2) is 42.5 Å². The monoisotopic (exact) mass is 292 g/mol. The molecule has 0 unspecified atom stereocenters. The molecule has 0 aliphatic heterocycles. The fourth-order valence-corrected chi connectivity index (χ4v) is 2.02. The van der Waals surface area contributed by atoms with E-state index in [1.165, 1.54) is 6.07 Å². The van der Waals surface area contributed by atoms with Crippen molar-refractivity contribution in [2.45, 2.75) is 6.42 Å². The van der Waals surface area contributed by atoms with Crippen LogP contribution in [0, 0.1) is 5.82 Å². The van der Waals surface area contributed by atoms with Gasteiger partial charge in [0.2, 0.25) is 0 Å². The smallest absolute Gasteiger partial charge is 0.253 e. The summed E-state index contributed by atoms with van der Waals surface area (Å²) in [6, 6.07) is 11.3. The molecule has 0 fully saturated rings. The van der Waals surface area contributed by atoms with Gasteiger partial charge in [-0.2, -0.15) is 0 Å². The fourth-order valence-electron chi connectivity index (χ4n) is 1.84. The van der Waals surface area contributed by atoms with Crippen LogP contribution in [0.25, 0.3) is 0 Å². The number of para-hydroxylation sites is 1. The quantitative estimate of drug-likeness (QED) is 0.851. The van der Waals surface area contributed by atoms with E-state index >= 15 is 0 Å². The Hall–Kier alpha value is -2.07. The van der Waals surface area contributed by atoms with Crippen molar-refractivity contribution in [3.63, 3.8) is 0 Å². The first-order valence-electron chi connectivity index (χ1n) is 6.15. The maximum atomic E-state index is 13.4. The molecule has 0 atom stereocenters. The van der Waals surface area contributed by atoms with Gasteiger partial charge < -0.3 is 11.1 Å². The average Bonchev–Trinajstić information content (AvgIpc) is 2.44. The number of nitrogen functional groups attached to an aromatic ring is 1. The zero-order valence-electron chi connectivity index (χ0n) is 10.7. The lowest BCUT2D eigenvalue weighted by molar-refractivity contribution is 0.0955. The van der Waals surface area contributed by atoms with Gasteiger partial charge in [-0.25, -0.2) is 4.39 Å². The highest BCUT2D eigenvalue weighted by Gasteiger charge is 2.11. The predicted octanol–water partition coefficient (Wildman–Crippen LogP) is 3.03. The van der Waals surface area contributed by atoms with E-state index in [-0.39, 0.29) is 17.4 Å². The average molecular weight is 293 g/mol. The van der Waals surface area contributed by atoms with Gasteiger partial charge in [-0.1, -0.05) is 35.9 Å². The van der Waals surface area contributed by atoms with Crippen molar-refractivity contribution in [3.8, 4) is 0 Å². The second-order valence-corrected chi connectivity index (χ2v) is 4.71. The van der Waals surface area contributed by atoms with Crippen LogP contribution in [-0.4, -0.2) is 12.5 Å². The standard InChI is InChI=1S/C15H14ClFN2O/c16-12-6-3-5-11(14(12)18)15(20)19-9-8-10-4-1-2-7-13(10)17/h1-7H,8-9,18H2,(H,19,20). The van der Waals surface area contributed by atoms with Crippen molar-refractivity contribution in [1.29, 1.82) is 0 Å². The third kappa shape index (κ3) is 3.27. The Morgan fingerprint density at radius 1 is 1.20 bits per heavy atom. The second kappa shape index (κ2) is 6.39. The van der Waals surface area contributed by atoms with Crippen LogP contribution in [0.2, 0.25) is 5.02 Å². The van der Waals surface area contributed by atoms with E-state index in [1.54, 1.807) is 36.4 Å². The summed E-state index contributed by atoms with van der Waals surface area (Å²) in [4.78, 5) is 11.9. The van der Waals surface area contributed by atoms with Crippen molar-refractivity contribution in [2.75, 3.05) is 12.3 Å². The molecule has 0 aliphatic rings. The number of rotatable bonds is 4. The van der Waals surface area contributed by atoms with E-state index in [0.29, 0.717) is 29.1 Å². The highest BCUT2D eigenvalue weighted by atomic mass is 35.5. The van der Waals surface area contributed by atoms with Crippen molar-refractivity contribution < 1.29 is 9.18 Å². The first kappa shape index (κ1) is 14.3. The minimum absolute atomic E-state index is 0.248. The Labute approximate surface area is 121 Å². The van der Waals surface area contributed by atoms with Crippen molar-refractivity contribution in [1.82, 2.24) is 5.32 Å². The second-order valence-electron chi connectivity index (χ2n) is 4.30. The van der Waals surface area contributed by atoms with Gasteiger partial charge in [0.05, 0.1) is 16.3 Å². The van der Waals surface area contributed by atoms with E-state index in [9.17, 15) is 9.18 Å². The highest BCUT2D eigenvalue weighted by molar-refractivity contribution is 6.33. The SMILES string of the molecule is Nc1c(Cl)cccc1C(=O)NCCc1ccccc1F. The Kier molecular flexibility index (Phi) is 4.58. The molecule has 0 heterocycles. The predicted molar refractivity (Wildman–Crippen MR) is 78.3 cm³/mol. The topological polar surface area (TPSA) is 55.1 Å². The number of carbonyl (C=O) groups is 1. The lowest BCUT2D eigenvalue weighted by Gasteiger charge is -2.09. The number of nitrogens with two attached hydrogens (primary N) is 1. The van der Waals surface area contributed by atoms with Crippen LogP contribution in [0.5, 0.6) is 0 Å². The van der Waals surface area contributed by atoms with Crippen LogP contribution in [0.4, 0.5) is 10.1 Å². The molecular formula is C15H14ClFN2O. The summed E-state index contributed by atoms with van der Waals surface area (Å²) in [5, 5.41) is 3.04. The van der Waals surface area contributed by atoms with Gasteiger partial charge in [0.15, 0.2) is 0 Å². The molecule has 0 aromatic heterocycles. The van der Waals surface area contributed by atoms with Crippen LogP contribution >= 0.6 is 11.6 Å². The maximum Gasteiger partial charge on any atom is 0.253 e. The summed E-state index contributed by atoms with van der Waals surface area (Å²) in [5.74, 6) is -0.592. The minimum Gasteiger partial charge on any atom is -0.397 e. The van der Waals surface area contributed by atoms with Gasteiger partial charge in [-0.05, 0) is 30.2 Å². The number of hydrogen-bond acceptors (Lipinski definition) is 2. The molecule has 2 aromatic rings. The zero-order valence-corrected chi connectivity index (χ0v) is 11.5. The minimum atomic E-state index is -0.318. The molecule has 0 spiro atoms. The molecule has 20 heavy (non-hydrogen) atoms. The van der Waals surface area contributed by atoms with Gasteiger partial charge in [-0.15, -0.1) is 0 Å². The van der Waals surface area contributed by atoms with E-state index in [1.807, 2.05) is 0 Å². The molecule has 3 N–H and O–H groups in total. The number of carbonyl (C=O) groups excluding carboxylic acids is 1. The molecule has 5 heteroatoms. The molecule has 0 bridgehead atoms. The molecule has 3 nitrogen and oxygen atoms in total. The number of nitrogens with one attached hydrogen (secondary N) is 1. The van der Waals surface area contributed by atoms with Gasteiger partial charge >= 0.3 is 0 Å². The van der Waals surface area contributed by atoms with Crippen molar-refractivity contribution in [2.24, 2.45) is 0 Å². The lowest BCUT2D eigenvalue weighted by Crippen LogP contribution is -2.26. The van der Waals surface area contributed by atoms with Gasteiger partial charge in [0.1, 0.15) is 5.82 Å². The van der Waals surface area contributed by atoms with Gasteiger partial charge in [0, 0.05) is 6.54 Å². The largest absolute Gasteiger partial charge is 0.397 e. The Morgan fingerprint density at radius 3 is 2.70 bits per heavy atom. The lowest BCUT2D eigenvalue weighted by atomic mass is 10.1. The molecule has 0 aliphatic carbocycles. The molecule has 1 amide bonds. The fraction of sp³-hybridized carbons (Fsp3) is 0.133. The van der Waals surface area contributed by atoms with E-state index in [0.717, 1.165) is 0 Å². The molecule has 2 aromatic carbocycles. The normalized spacial score (nSPS) is 10.3. The number of benzene rings is 2. The Bertz CT molecular complexity index is 631. The van der Waals surface area contributed by atoms with E-state index < -0.39 is 0 Å². The molecule has 0 saturated carbocycles. The third-order valence-corrected chi connectivity index (χ3v) is 3.26. The summed E-state index contributed by atoms with van der Waals surface area (Å²) in [7, 11) is 0. The number of anilines is 1. The molecular weight excluding hydrogens is 279 g/mol. The van der Waals surface area contributed by atoms with Crippen molar-refractivity contribution >= 4 is 23.2 Å². The Balaban J connectivity index is 1.96. The molecule has 0 radical (unpaired) electrons. The highest BCUT2D eigenvalue weighted by Crippen LogP contribution is 2.22. The first-order valence-corrected chi connectivity index (χ1v) is 6.53. The number of amides is 1. The summed E-state index contributed by atoms with van der Waals surface area (Å²) >= 11 is 5.85. The first-order chi connectivity index (χ1) is 9.59. The Morgan fingerprint density at radius 2 is 1.95 bits per heavy atom. The maximum absolute atomic E-state index is 13.4. The molecule has 104 valence electrons. The van der Waals surface area contributed by atoms with Crippen LogP contribution in [-0.2, 0) is 6.42 Å². The number of hydrogen-bond donors (Lipinski definition) is 2. The van der Waals surface area contributed by atoms with Gasteiger partial charge in [-0.3, -0.25) is 4.79 Å². The summed E-state index contributed by atoms with van der Waals surface area (Å²) in [6.45, 7) is 0.325. The zero-order chi connectivity index (χ0) is 14.5. The van der Waals surface area contributed by atoms with Crippen molar-refractivity contribution in [3.05, 3.63) is 64.4 Å². The molecule has 2 rings (SSSR count). The van der Waals surface area contributed by atoms with Gasteiger partial charge in [0.25, 0.3) is 5.91 Å². The summed E-state index contributed by atoms with van der Waals surface area (Å²) < 4.78 is 13.4. The summed E-state index contributed by atoms with van der Waals surface area (Å²) in [6.07, 6.45) is 0.416. The van der Waals surface area contributed by atoms with E-state index in [4.69, 9.17) is 17.3 Å². The molecule has 0 saturated heterocycles. The third-order valence-electron chi connectivity index (χ3n) is 2.94. The van der Waals surface area contributed by atoms with Crippen LogP contribution in [0.3, 0.4) is 0 Å². The van der Waals surface area contributed by atoms with Crippen LogP contribution in [0.1, 0.15) is 15.9 Å². The summed E-state index contributed by atoms with van der Waals surface area (Å²) in [5.41, 5.74) is 6.87. The van der Waals surface area contributed by atoms with E-state index in [2.05, 4.69) is 5.32 Å². The van der Waals surface area contributed by atoms with Crippen LogP contribution < -0.4 is 11.1 Å².